The SMILES string of the molecule is COc1c(F)ccc(OCC2(N)CC2)c1F.Cl. The highest BCUT2D eigenvalue weighted by Gasteiger charge is 2.39. The summed E-state index contributed by atoms with van der Waals surface area (Å²) in [6, 6.07) is 2.34. The number of hydrogen-bond donors (Lipinski definition) is 1. The van der Waals surface area contributed by atoms with Crippen LogP contribution in [0.4, 0.5) is 8.78 Å². The van der Waals surface area contributed by atoms with Crippen LogP contribution in [0.15, 0.2) is 12.1 Å². The predicted octanol–water partition coefficient (Wildman–Crippen LogP) is 2.27. The van der Waals surface area contributed by atoms with Crippen LogP contribution < -0.4 is 15.2 Å². The zero-order valence-corrected chi connectivity index (χ0v) is 10.2. The molecule has 0 heterocycles. The molecule has 0 atom stereocenters. The maximum absolute atomic E-state index is 13.6. The number of ether oxygens (including phenoxy) is 2. The summed E-state index contributed by atoms with van der Waals surface area (Å²) in [4.78, 5) is 0. The molecule has 17 heavy (non-hydrogen) atoms. The zero-order valence-electron chi connectivity index (χ0n) is 9.33. The summed E-state index contributed by atoms with van der Waals surface area (Å²) >= 11 is 0. The van der Waals surface area contributed by atoms with Gasteiger partial charge >= 0.3 is 0 Å². The first kappa shape index (κ1) is 14.0. The minimum absolute atomic E-state index is 0. The summed E-state index contributed by atoms with van der Waals surface area (Å²) in [5.74, 6) is -2.04. The highest BCUT2D eigenvalue weighted by molar-refractivity contribution is 5.85. The van der Waals surface area contributed by atoms with Crippen molar-refractivity contribution in [3.63, 3.8) is 0 Å². The normalized spacial score (nSPS) is 16.0. The summed E-state index contributed by atoms with van der Waals surface area (Å²) in [7, 11) is 1.20. The fourth-order valence-corrected chi connectivity index (χ4v) is 1.34. The van der Waals surface area contributed by atoms with E-state index in [0.717, 1.165) is 18.9 Å². The molecule has 0 spiro atoms. The molecule has 2 rings (SSSR count). The van der Waals surface area contributed by atoms with Crippen molar-refractivity contribution in [2.75, 3.05) is 13.7 Å². The number of methoxy groups -OCH3 is 1. The van der Waals surface area contributed by atoms with Crippen molar-refractivity contribution in [2.24, 2.45) is 5.73 Å². The molecule has 6 heteroatoms. The van der Waals surface area contributed by atoms with E-state index in [2.05, 4.69) is 4.74 Å². The molecule has 2 N–H and O–H groups in total. The first-order valence-corrected chi connectivity index (χ1v) is 4.99. The summed E-state index contributed by atoms with van der Waals surface area (Å²) < 4.78 is 36.5. The molecule has 1 aliphatic rings. The average Bonchev–Trinajstić information content (AvgIpc) is 2.97. The maximum Gasteiger partial charge on any atom is 0.209 e. The van der Waals surface area contributed by atoms with Crippen molar-refractivity contribution in [1.82, 2.24) is 0 Å². The van der Waals surface area contributed by atoms with E-state index in [1.54, 1.807) is 0 Å². The van der Waals surface area contributed by atoms with E-state index in [1.165, 1.54) is 13.2 Å². The topological polar surface area (TPSA) is 44.5 Å². The molecule has 0 radical (unpaired) electrons. The van der Waals surface area contributed by atoms with Gasteiger partial charge in [-0.1, -0.05) is 0 Å². The van der Waals surface area contributed by atoms with Gasteiger partial charge in [0.2, 0.25) is 5.82 Å². The number of hydrogen-bond acceptors (Lipinski definition) is 3. The van der Waals surface area contributed by atoms with Crippen LogP contribution in [0, 0.1) is 11.6 Å². The minimum atomic E-state index is -0.827. The third-order valence-electron chi connectivity index (χ3n) is 2.63. The van der Waals surface area contributed by atoms with Crippen LogP contribution in [-0.2, 0) is 0 Å². The van der Waals surface area contributed by atoms with E-state index in [0.29, 0.717) is 0 Å². The minimum Gasteiger partial charge on any atom is -0.491 e. The largest absolute Gasteiger partial charge is 0.491 e. The Morgan fingerprint density at radius 2 is 2.00 bits per heavy atom. The Hall–Kier alpha value is -1.07. The molecule has 1 aliphatic carbocycles. The van der Waals surface area contributed by atoms with Gasteiger partial charge < -0.3 is 15.2 Å². The number of rotatable bonds is 4. The van der Waals surface area contributed by atoms with Crippen molar-refractivity contribution < 1.29 is 18.3 Å². The zero-order chi connectivity index (χ0) is 11.8. The molecule has 0 aliphatic heterocycles. The third-order valence-corrected chi connectivity index (χ3v) is 2.63. The Morgan fingerprint density at radius 1 is 1.35 bits per heavy atom. The Bertz CT molecular complexity index is 411. The number of nitrogens with two attached hydrogens (primary N) is 1. The fraction of sp³-hybridized carbons (Fsp3) is 0.455. The Morgan fingerprint density at radius 3 is 2.53 bits per heavy atom. The Kier molecular flexibility index (Phi) is 4.16. The van der Waals surface area contributed by atoms with Crippen LogP contribution >= 0.6 is 12.4 Å². The van der Waals surface area contributed by atoms with Gasteiger partial charge in [0.25, 0.3) is 0 Å². The number of halogens is 3. The predicted molar refractivity (Wildman–Crippen MR) is 61.8 cm³/mol. The number of benzene rings is 1. The lowest BCUT2D eigenvalue weighted by atomic mass is 10.3. The van der Waals surface area contributed by atoms with Crippen molar-refractivity contribution in [3.05, 3.63) is 23.8 Å². The second-order valence-electron chi connectivity index (χ2n) is 4.04. The molecule has 0 aromatic heterocycles. The van der Waals surface area contributed by atoms with Crippen LogP contribution in [0.2, 0.25) is 0 Å². The quantitative estimate of drug-likeness (QED) is 0.908. The van der Waals surface area contributed by atoms with Gasteiger partial charge in [-0.15, -0.1) is 12.4 Å². The van der Waals surface area contributed by atoms with Crippen LogP contribution in [0.3, 0.4) is 0 Å². The molecule has 0 amide bonds. The second kappa shape index (κ2) is 5.06. The smallest absolute Gasteiger partial charge is 0.209 e. The monoisotopic (exact) mass is 265 g/mol. The first-order valence-electron chi connectivity index (χ1n) is 4.99. The van der Waals surface area contributed by atoms with Gasteiger partial charge in [0.1, 0.15) is 6.61 Å². The highest BCUT2D eigenvalue weighted by Crippen LogP contribution is 2.34. The van der Waals surface area contributed by atoms with Crippen molar-refractivity contribution in [3.8, 4) is 11.5 Å². The van der Waals surface area contributed by atoms with E-state index < -0.39 is 17.4 Å². The molecule has 1 fully saturated rings. The summed E-state index contributed by atoms with van der Waals surface area (Å²) in [6.07, 6.45) is 1.74. The van der Waals surface area contributed by atoms with Crippen molar-refractivity contribution >= 4 is 12.4 Å². The van der Waals surface area contributed by atoms with Gasteiger partial charge in [-0.25, -0.2) is 4.39 Å². The molecule has 1 aromatic rings. The molecule has 3 nitrogen and oxygen atoms in total. The van der Waals surface area contributed by atoms with Crippen molar-refractivity contribution in [1.29, 1.82) is 0 Å². The highest BCUT2D eigenvalue weighted by atomic mass is 35.5. The third kappa shape index (κ3) is 2.98. The Balaban J connectivity index is 0.00000144. The average molecular weight is 266 g/mol. The molecule has 0 unspecified atom stereocenters. The molecule has 0 saturated heterocycles. The lowest BCUT2D eigenvalue weighted by Crippen LogP contribution is -2.30. The molecule has 1 aromatic carbocycles. The van der Waals surface area contributed by atoms with Crippen LogP contribution in [0.25, 0.3) is 0 Å². The van der Waals surface area contributed by atoms with Gasteiger partial charge in [-0.3, -0.25) is 0 Å². The summed E-state index contributed by atoms with van der Waals surface area (Å²) in [6.45, 7) is 0.235. The van der Waals surface area contributed by atoms with Crippen LogP contribution in [-0.4, -0.2) is 19.3 Å². The van der Waals surface area contributed by atoms with E-state index >= 15 is 0 Å². The first-order chi connectivity index (χ1) is 7.56. The van der Waals surface area contributed by atoms with Gasteiger partial charge in [0, 0.05) is 0 Å². The fourth-order valence-electron chi connectivity index (χ4n) is 1.34. The van der Waals surface area contributed by atoms with E-state index in [1.807, 2.05) is 0 Å². The van der Waals surface area contributed by atoms with E-state index in [-0.39, 0.29) is 30.3 Å². The van der Waals surface area contributed by atoms with Gasteiger partial charge in [0.15, 0.2) is 17.3 Å². The van der Waals surface area contributed by atoms with Crippen molar-refractivity contribution in [2.45, 2.75) is 18.4 Å². The lowest BCUT2D eigenvalue weighted by Gasteiger charge is -2.13. The van der Waals surface area contributed by atoms with Gasteiger partial charge in [0.05, 0.1) is 12.6 Å². The van der Waals surface area contributed by atoms with E-state index in [4.69, 9.17) is 10.5 Å². The molecule has 96 valence electrons. The summed E-state index contributed by atoms with van der Waals surface area (Å²) in [5, 5.41) is 0. The lowest BCUT2D eigenvalue weighted by molar-refractivity contribution is 0.259. The molecular formula is C11H14ClF2NO2. The second-order valence-corrected chi connectivity index (χ2v) is 4.04. The summed E-state index contributed by atoms with van der Waals surface area (Å²) in [5.41, 5.74) is 5.45. The molecule has 1 saturated carbocycles. The van der Waals surface area contributed by atoms with Crippen LogP contribution in [0.1, 0.15) is 12.8 Å². The molecular weight excluding hydrogens is 252 g/mol. The maximum atomic E-state index is 13.6. The standard InChI is InChI=1S/C11H13F2NO2.ClH/c1-15-10-7(12)2-3-8(9(10)13)16-6-11(14)4-5-11;/h2-3H,4-6,14H2,1H3;1H. The van der Waals surface area contributed by atoms with E-state index in [9.17, 15) is 8.78 Å². The molecule has 0 bridgehead atoms. The Labute approximate surface area is 104 Å². The van der Waals surface area contributed by atoms with Gasteiger partial charge in [-0.2, -0.15) is 4.39 Å². The van der Waals surface area contributed by atoms with Crippen LogP contribution in [0.5, 0.6) is 11.5 Å². The van der Waals surface area contributed by atoms with Gasteiger partial charge in [-0.05, 0) is 25.0 Å².